The molecule has 0 aromatic heterocycles. The summed E-state index contributed by atoms with van der Waals surface area (Å²) in [5.74, 6) is 0.743. The number of phenolic OH excluding ortho intramolecular Hbond substituents is 1. The van der Waals surface area contributed by atoms with Crippen molar-refractivity contribution in [2.24, 2.45) is 5.10 Å². The molecule has 0 bridgehead atoms. The van der Waals surface area contributed by atoms with Gasteiger partial charge in [0.25, 0.3) is 0 Å². The molecule has 0 radical (unpaired) electrons. The lowest BCUT2D eigenvalue weighted by Gasteiger charge is -2.13. The van der Waals surface area contributed by atoms with E-state index in [0.29, 0.717) is 11.5 Å². The number of hydrazone groups is 1. The number of hydrogen-bond donors (Lipinski definition) is 2. The van der Waals surface area contributed by atoms with Crippen LogP contribution < -0.4 is 5.43 Å². The zero-order valence-corrected chi connectivity index (χ0v) is 10.5. The highest BCUT2D eigenvalue weighted by molar-refractivity contribution is 5.94. The van der Waals surface area contributed by atoms with E-state index < -0.39 is 6.23 Å². The van der Waals surface area contributed by atoms with Gasteiger partial charge < -0.3 is 9.84 Å². The third-order valence-electron chi connectivity index (χ3n) is 3.00. The summed E-state index contributed by atoms with van der Waals surface area (Å²) >= 11 is 0. The lowest BCUT2D eigenvalue weighted by molar-refractivity contribution is 0.187. The zero-order chi connectivity index (χ0) is 13.2. The number of rotatable bonds is 2. The maximum atomic E-state index is 9.94. The van der Waals surface area contributed by atoms with Gasteiger partial charge in [0.1, 0.15) is 5.75 Å². The van der Waals surface area contributed by atoms with Gasteiger partial charge in [-0.15, -0.1) is 5.10 Å². The van der Waals surface area contributed by atoms with Gasteiger partial charge in [-0.05, 0) is 36.8 Å². The van der Waals surface area contributed by atoms with Gasteiger partial charge in [-0.3, -0.25) is 5.43 Å². The van der Waals surface area contributed by atoms with Crippen LogP contribution in [0.2, 0.25) is 0 Å². The number of phenols is 1. The molecule has 2 aromatic rings. The van der Waals surface area contributed by atoms with Crippen molar-refractivity contribution in [1.29, 1.82) is 0 Å². The third-order valence-corrected chi connectivity index (χ3v) is 3.00. The summed E-state index contributed by atoms with van der Waals surface area (Å²) in [5.41, 5.74) is 5.48. The first-order valence-electron chi connectivity index (χ1n) is 6.09. The molecule has 1 unspecified atom stereocenters. The van der Waals surface area contributed by atoms with Crippen molar-refractivity contribution >= 4 is 5.90 Å². The number of nitrogens with one attached hydrogen (secondary N) is 1. The molecule has 4 nitrogen and oxygen atoms in total. The minimum Gasteiger partial charge on any atom is -0.507 e. The summed E-state index contributed by atoms with van der Waals surface area (Å²) in [6.45, 7) is 1.93. The zero-order valence-electron chi connectivity index (χ0n) is 10.5. The van der Waals surface area contributed by atoms with E-state index in [1.165, 1.54) is 0 Å². The molecule has 3 rings (SSSR count). The molecule has 1 aliphatic heterocycles. The van der Waals surface area contributed by atoms with Crippen LogP contribution >= 0.6 is 0 Å². The van der Waals surface area contributed by atoms with Crippen LogP contribution in [0.5, 0.6) is 5.75 Å². The lowest BCUT2D eigenvalue weighted by Crippen LogP contribution is -2.12. The van der Waals surface area contributed by atoms with Crippen LogP contribution in [0.15, 0.2) is 53.6 Å². The average molecular weight is 254 g/mol. The first-order valence-corrected chi connectivity index (χ1v) is 6.09. The predicted octanol–water partition coefficient (Wildman–Crippen LogP) is 2.68. The van der Waals surface area contributed by atoms with Crippen LogP contribution in [0.1, 0.15) is 22.9 Å². The van der Waals surface area contributed by atoms with Crippen molar-refractivity contribution in [3.8, 4) is 5.75 Å². The molecular weight excluding hydrogens is 240 g/mol. The van der Waals surface area contributed by atoms with Gasteiger partial charge in [-0.2, -0.15) is 0 Å². The Morgan fingerprint density at radius 2 is 1.95 bits per heavy atom. The molecule has 0 aliphatic carbocycles. The third kappa shape index (κ3) is 2.25. The molecule has 4 heteroatoms. The fourth-order valence-corrected chi connectivity index (χ4v) is 2.00. The highest BCUT2D eigenvalue weighted by Crippen LogP contribution is 2.29. The van der Waals surface area contributed by atoms with Crippen molar-refractivity contribution in [3.05, 3.63) is 65.2 Å². The smallest absolute Gasteiger partial charge is 0.240 e. The molecule has 0 amide bonds. The van der Waals surface area contributed by atoms with Gasteiger partial charge in [0.2, 0.25) is 12.1 Å². The maximum Gasteiger partial charge on any atom is 0.240 e. The van der Waals surface area contributed by atoms with Gasteiger partial charge in [0, 0.05) is 5.56 Å². The average Bonchev–Trinajstić information content (AvgIpc) is 2.89. The Bertz CT molecular complexity index is 623. The van der Waals surface area contributed by atoms with Crippen molar-refractivity contribution in [2.75, 3.05) is 0 Å². The number of hydrogen-bond acceptors (Lipinski definition) is 4. The van der Waals surface area contributed by atoms with Crippen molar-refractivity contribution in [2.45, 2.75) is 13.2 Å². The Labute approximate surface area is 111 Å². The van der Waals surface area contributed by atoms with E-state index in [-0.39, 0.29) is 5.75 Å². The Balaban J connectivity index is 1.81. The minimum atomic E-state index is -0.448. The summed E-state index contributed by atoms with van der Waals surface area (Å²) in [4.78, 5) is 0. The van der Waals surface area contributed by atoms with E-state index in [0.717, 1.165) is 11.1 Å². The second-order valence-electron chi connectivity index (χ2n) is 4.47. The Morgan fingerprint density at radius 1 is 1.16 bits per heavy atom. The quantitative estimate of drug-likeness (QED) is 0.866. The predicted molar refractivity (Wildman–Crippen MR) is 72.8 cm³/mol. The summed E-state index contributed by atoms with van der Waals surface area (Å²) in [6, 6.07) is 15.1. The van der Waals surface area contributed by atoms with Crippen LogP contribution in [-0.2, 0) is 4.74 Å². The van der Waals surface area contributed by atoms with E-state index in [1.807, 2.05) is 49.4 Å². The van der Waals surface area contributed by atoms with E-state index in [2.05, 4.69) is 10.5 Å². The topological polar surface area (TPSA) is 53.9 Å². The molecule has 1 heterocycles. The highest BCUT2D eigenvalue weighted by atomic mass is 16.5. The van der Waals surface area contributed by atoms with Crippen molar-refractivity contribution < 1.29 is 9.84 Å². The molecule has 19 heavy (non-hydrogen) atoms. The number of nitrogens with zero attached hydrogens (tertiary/aromatic N) is 1. The van der Waals surface area contributed by atoms with E-state index >= 15 is 0 Å². The monoisotopic (exact) mass is 254 g/mol. The number of aryl methyl sites for hydroxylation is 1. The first-order chi connectivity index (χ1) is 9.24. The molecular formula is C15H14N2O2. The summed E-state index contributed by atoms with van der Waals surface area (Å²) in [7, 11) is 0. The van der Waals surface area contributed by atoms with E-state index in [9.17, 15) is 5.11 Å². The van der Waals surface area contributed by atoms with Gasteiger partial charge in [0.05, 0.1) is 5.56 Å². The Morgan fingerprint density at radius 3 is 2.68 bits per heavy atom. The molecule has 1 aliphatic rings. The van der Waals surface area contributed by atoms with E-state index in [1.54, 1.807) is 6.07 Å². The van der Waals surface area contributed by atoms with Crippen molar-refractivity contribution in [1.82, 2.24) is 5.43 Å². The molecule has 0 saturated heterocycles. The molecule has 2 N–H and O–H groups in total. The van der Waals surface area contributed by atoms with Gasteiger partial charge >= 0.3 is 0 Å². The molecule has 2 aromatic carbocycles. The molecule has 0 fully saturated rings. The summed E-state index contributed by atoms with van der Waals surface area (Å²) in [5, 5.41) is 14.1. The van der Waals surface area contributed by atoms with Crippen LogP contribution in [0, 0.1) is 6.92 Å². The SMILES string of the molecule is Cc1ccc(C2NN=C(c3ccccc3)O2)c(O)c1. The Kier molecular flexibility index (Phi) is 2.83. The van der Waals surface area contributed by atoms with E-state index in [4.69, 9.17) is 4.74 Å². The number of aromatic hydroxyl groups is 1. The largest absolute Gasteiger partial charge is 0.507 e. The van der Waals surface area contributed by atoms with Crippen LogP contribution in [0.25, 0.3) is 0 Å². The maximum absolute atomic E-state index is 9.94. The number of benzene rings is 2. The minimum absolute atomic E-state index is 0.210. The second-order valence-corrected chi connectivity index (χ2v) is 4.47. The fraction of sp³-hybridized carbons (Fsp3) is 0.133. The van der Waals surface area contributed by atoms with Gasteiger partial charge in [0.15, 0.2) is 0 Å². The van der Waals surface area contributed by atoms with Crippen molar-refractivity contribution in [3.63, 3.8) is 0 Å². The van der Waals surface area contributed by atoms with Crippen LogP contribution in [0.3, 0.4) is 0 Å². The number of ether oxygens (including phenoxy) is 1. The molecule has 1 atom stereocenters. The van der Waals surface area contributed by atoms with Gasteiger partial charge in [-0.1, -0.05) is 24.3 Å². The standard InChI is InChI=1S/C15H14N2O2/c1-10-7-8-12(13(18)9-10)15-17-16-14(19-15)11-5-3-2-4-6-11/h2-9,15,17-18H,1H3. The second kappa shape index (κ2) is 4.65. The first kappa shape index (κ1) is 11.6. The van der Waals surface area contributed by atoms with Gasteiger partial charge in [-0.25, -0.2) is 0 Å². The Hall–Kier alpha value is -2.49. The fourth-order valence-electron chi connectivity index (χ4n) is 2.00. The lowest BCUT2D eigenvalue weighted by atomic mass is 10.1. The highest BCUT2D eigenvalue weighted by Gasteiger charge is 2.24. The molecule has 96 valence electrons. The summed E-state index contributed by atoms with van der Waals surface area (Å²) in [6.07, 6.45) is -0.448. The van der Waals surface area contributed by atoms with Crippen LogP contribution in [0.4, 0.5) is 0 Å². The van der Waals surface area contributed by atoms with Crippen LogP contribution in [-0.4, -0.2) is 11.0 Å². The molecule has 0 spiro atoms. The summed E-state index contributed by atoms with van der Waals surface area (Å²) < 4.78 is 5.73. The molecule has 0 saturated carbocycles. The normalized spacial score (nSPS) is 17.5.